The molecule has 1 saturated heterocycles. The van der Waals surface area contributed by atoms with E-state index in [9.17, 15) is 4.39 Å². The van der Waals surface area contributed by atoms with Gasteiger partial charge in [0, 0.05) is 31.2 Å². The summed E-state index contributed by atoms with van der Waals surface area (Å²) in [4.78, 5) is 15.3. The van der Waals surface area contributed by atoms with Crippen LogP contribution in [0, 0.1) is 5.95 Å². The summed E-state index contributed by atoms with van der Waals surface area (Å²) in [5, 5.41) is 4.30. The summed E-state index contributed by atoms with van der Waals surface area (Å²) >= 11 is 0. The Hall–Kier alpha value is -2.76. The molecular formula is C18H18FN5. The van der Waals surface area contributed by atoms with Crippen LogP contribution < -0.4 is 10.2 Å². The first-order valence-electron chi connectivity index (χ1n) is 8.16. The lowest BCUT2D eigenvalue weighted by Gasteiger charge is -2.19. The minimum Gasteiger partial charge on any atom is -0.356 e. The molecule has 122 valence electrons. The number of hydrogen-bond acceptors (Lipinski definition) is 5. The van der Waals surface area contributed by atoms with E-state index in [4.69, 9.17) is 4.98 Å². The van der Waals surface area contributed by atoms with Crippen molar-refractivity contribution in [2.45, 2.75) is 19.4 Å². The summed E-state index contributed by atoms with van der Waals surface area (Å²) < 4.78 is 12.9. The average molecular weight is 323 g/mol. The molecule has 0 spiro atoms. The second-order valence-corrected chi connectivity index (χ2v) is 5.92. The normalized spacial score (nSPS) is 14.3. The van der Waals surface area contributed by atoms with Gasteiger partial charge in [0.1, 0.15) is 5.82 Å². The number of pyridine rings is 1. The van der Waals surface area contributed by atoms with Gasteiger partial charge < -0.3 is 10.2 Å². The molecule has 1 fully saturated rings. The summed E-state index contributed by atoms with van der Waals surface area (Å²) in [6.45, 7) is 2.57. The molecule has 0 aliphatic carbocycles. The zero-order valence-corrected chi connectivity index (χ0v) is 13.2. The molecule has 0 atom stereocenters. The summed E-state index contributed by atoms with van der Waals surface area (Å²) in [5.41, 5.74) is 1.81. The van der Waals surface area contributed by atoms with Crippen molar-refractivity contribution in [1.82, 2.24) is 15.0 Å². The van der Waals surface area contributed by atoms with E-state index < -0.39 is 5.95 Å². The van der Waals surface area contributed by atoms with E-state index in [1.165, 1.54) is 25.1 Å². The number of hydrogen-bond donors (Lipinski definition) is 1. The minimum absolute atomic E-state index is 0.475. The van der Waals surface area contributed by atoms with E-state index in [1.807, 2.05) is 18.2 Å². The van der Waals surface area contributed by atoms with E-state index in [0.717, 1.165) is 35.4 Å². The maximum absolute atomic E-state index is 12.9. The molecule has 24 heavy (non-hydrogen) atoms. The van der Waals surface area contributed by atoms with Gasteiger partial charge in [0.15, 0.2) is 0 Å². The molecule has 1 aliphatic rings. The third kappa shape index (κ3) is 2.99. The standard InChI is InChI=1S/C18H18FN5/c19-16-8-7-13(11-20-16)12-21-18-22-15-6-2-1-5-14(15)17(23-18)24-9-3-4-10-24/h1-2,5-8,11H,3-4,9-10,12H2,(H,21,22,23). The predicted octanol–water partition coefficient (Wildman–Crippen LogP) is 3.38. The highest BCUT2D eigenvalue weighted by Crippen LogP contribution is 2.27. The molecule has 3 heterocycles. The van der Waals surface area contributed by atoms with Crippen LogP contribution in [-0.2, 0) is 6.54 Å². The zero-order chi connectivity index (χ0) is 16.4. The Bertz CT molecular complexity index is 844. The molecule has 1 aromatic carbocycles. The van der Waals surface area contributed by atoms with Crippen LogP contribution in [0.1, 0.15) is 18.4 Å². The lowest BCUT2D eigenvalue weighted by atomic mass is 10.2. The number of rotatable bonds is 4. The van der Waals surface area contributed by atoms with Gasteiger partial charge >= 0.3 is 0 Å². The number of anilines is 2. The van der Waals surface area contributed by atoms with E-state index >= 15 is 0 Å². The first kappa shape index (κ1) is 14.8. The average Bonchev–Trinajstić information content (AvgIpc) is 3.15. The number of fused-ring (bicyclic) bond motifs is 1. The number of aromatic nitrogens is 3. The fourth-order valence-corrected chi connectivity index (χ4v) is 3.00. The van der Waals surface area contributed by atoms with Gasteiger partial charge in [-0.25, -0.2) is 9.97 Å². The molecule has 5 nitrogen and oxygen atoms in total. The van der Waals surface area contributed by atoms with Gasteiger partial charge in [-0.2, -0.15) is 9.37 Å². The van der Waals surface area contributed by atoms with E-state index in [-0.39, 0.29) is 0 Å². The van der Waals surface area contributed by atoms with Crippen molar-refractivity contribution in [1.29, 1.82) is 0 Å². The summed E-state index contributed by atoms with van der Waals surface area (Å²) in [7, 11) is 0. The SMILES string of the molecule is Fc1ccc(CNc2nc(N3CCCC3)c3ccccc3n2)cn1. The maximum atomic E-state index is 12.9. The van der Waals surface area contributed by atoms with Crippen molar-refractivity contribution in [3.05, 3.63) is 54.1 Å². The Morgan fingerprint density at radius 1 is 1.04 bits per heavy atom. The number of nitrogens with one attached hydrogen (secondary N) is 1. The predicted molar refractivity (Wildman–Crippen MR) is 92.5 cm³/mol. The molecule has 3 aromatic rings. The van der Waals surface area contributed by atoms with E-state index in [1.54, 1.807) is 6.07 Å². The van der Waals surface area contributed by atoms with Crippen molar-refractivity contribution >= 4 is 22.7 Å². The van der Waals surface area contributed by atoms with Gasteiger partial charge in [0.2, 0.25) is 11.9 Å². The molecule has 0 saturated carbocycles. The van der Waals surface area contributed by atoms with Crippen molar-refractivity contribution in [3.63, 3.8) is 0 Å². The smallest absolute Gasteiger partial charge is 0.225 e. The number of benzene rings is 1. The molecule has 4 rings (SSSR count). The van der Waals surface area contributed by atoms with Crippen LogP contribution >= 0.6 is 0 Å². The summed E-state index contributed by atoms with van der Waals surface area (Å²) in [6, 6.07) is 11.1. The van der Waals surface area contributed by atoms with Gasteiger partial charge in [0.05, 0.1) is 5.52 Å². The van der Waals surface area contributed by atoms with Crippen molar-refractivity contribution in [2.24, 2.45) is 0 Å². The topological polar surface area (TPSA) is 53.9 Å². The van der Waals surface area contributed by atoms with Crippen molar-refractivity contribution in [3.8, 4) is 0 Å². The number of para-hydroxylation sites is 1. The van der Waals surface area contributed by atoms with Crippen LogP contribution in [0.4, 0.5) is 16.2 Å². The largest absolute Gasteiger partial charge is 0.356 e. The molecule has 2 aromatic heterocycles. The third-order valence-corrected chi connectivity index (χ3v) is 4.23. The summed E-state index contributed by atoms with van der Waals surface area (Å²) in [5.74, 6) is 1.09. The Morgan fingerprint density at radius 2 is 1.88 bits per heavy atom. The van der Waals surface area contributed by atoms with Crippen LogP contribution in [0.2, 0.25) is 0 Å². The van der Waals surface area contributed by atoms with Crippen LogP contribution in [0.3, 0.4) is 0 Å². The molecule has 0 amide bonds. The maximum Gasteiger partial charge on any atom is 0.225 e. The molecule has 6 heteroatoms. The minimum atomic E-state index is -0.475. The highest BCUT2D eigenvalue weighted by Gasteiger charge is 2.17. The highest BCUT2D eigenvalue weighted by atomic mass is 19.1. The second kappa shape index (κ2) is 6.39. The van der Waals surface area contributed by atoms with E-state index in [2.05, 4.69) is 26.3 Å². The van der Waals surface area contributed by atoms with Crippen LogP contribution in [0.5, 0.6) is 0 Å². The van der Waals surface area contributed by atoms with Crippen molar-refractivity contribution < 1.29 is 4.39 Å². The molecule has 1 aliphatic heterocycles. The van der Waals surface area contributed by atoms with Gasteiger partial charge in [-0.1, -0.05) is 18.2 Å². The lowest BCUT2D eigenvalue weighted by Crippen LogP contribution is -2.20. The number of halogens is 1. The highest BCUT2D eigenvalue weighted by molar-refractivity contribution is 5.90. The lowest BCUT2D eigenvalue weighted by molar-refractivity contribution is 0.582. The van der Waals surface area contributed by atoms with E-state index in [0.29, 0.717) is 12.5 Å². The first-order chi connectivity index (χ1) is 11.8. The Morgan fingerprint density at radius 3 is 2.67 bits per heavy atom. The monoisotopic (exact) mass is 323 g/mol. The van der Waals surface area contributed by atoms with Crippen LogP contribution in [-0.4, -0.2) is 28.0 Å². The van der Waals surface area contributed by atoms with Gasteiger partial charge in [-0.15, -0.1) is 0 Å². The summed E-state index contributed by atoms with van der Waals surface area (Å²) in [6.07, 6.45) is 3.91. The van der Waals surface area contributed by atoms with Crippen LogP contribution in [0.25, 0.3) is 10.9 Å². The van der Waals surface area contributed by atoms with Crippen molar-refractivity contribution in [2.75, 3.05) is 23.3 Å². The van der Waals surface area contributed by atoms with Gasteiger partial charge in [0.25, 0.3) is 0 Å². The molecule has 0 radical (unpaired) electrons. The van der Waals surface area contributed by atoms with Crippen LogP contribution in [0.15, 0.2) is 42.6 Å². The number of nitrogens with zero attached hydrogens (tertiary/aromatic N) is 4. The molecular weight excluding hydrogens is 305 g/mol. The molecule has 0 bridgehead atoms. The quantitative estimate of drug-likeness (QED) is 0.746. The Balaban J connectivity index is 1.64. The third-order valence-electron chi connectivity index (χ3n) is 4.23. The molecule has 0 unspecified atom stereocenters. The molecule has 1 N–H and O–H groups in total. The fourth-order valence-electron chi connectivity index (χ4n) is 3.00. The Kier molecular flexibility index (Phi) is 3.94. The zero-order valence-electron chi connectivity index (χ0n) is 13.2. The fraction of sp³-hybridized carbons (Fsp3) is 0.278. The van der Waals surface area contributed by atoms with Gasteiger partial charge in [-0.05, 0) is 36.6 Å². The van der Waals surface area contributed by atoms with Gasteiger partial charge in [-0.3, -0.25) is 0 Å². The second-order valence-electron chi connectivity index (χ2n) is 5.92. The Labute approximate surface area is 139 Å². The first-order valence-corrected chi connectivity index (χ1v) is 8.16.